The van der Waals surface area contributed by atoms with Crippen LogP contribution in [0, 0.1) is 0 Å². The summed E-state index contributed by atoms with van der Waals surface area (Å²) in [5.74, 6) is -0.848. The van der Waals surface area contributed by atoms with E-state index in [1.165, 1.54) is 21.7 Å². The number of benzene rings is 1. The van der Waals surface area contributed by atoms with Crippen LogP contribution in [0.5, 0.6) is 0 Å². The van der Waals surface area contributed by atoms with Gasteiger partial charge in [-0.3, -0.25) is 9.10 Å². The Hall–Kier alpha value is -2.19. The van der Waals surface area contributed by atoms with Crippen LogP contribution in [0.3, 0.4) is 0 Å². The van der Waals surface area contributed by atoms with E-state index >= 15 is 0 Å². The van der Waals surface area contributed by atoms with Gasteiger partial charge in [0.15, 0.2) is 6.61 Å². The Bertz CT molecular complexity index is 919. The van der Waals surface area contributed by atoms with E-state index in [0.29, 0.717) is 22.5 Å². The van der Waals surface area contributed by atoms with Gasteiger partial charge in [0.25, 0.3) is 0 Å². The highest BCUT2D eigenvalue weighted by molar-refractivity contribution is 7.92. The number of Topliss-reactive ketones (excluding diaryl/α,β-unsaturated/α-hetero) is 1. The van der Waals surface area contributed by atoms with Crippen LogP contribution < -0.4 is 4.31 Å². The lowest BCUT2D eigenvalue weighted by atomic mass is 10.1. The number of hydrogen-bond donors (Lipinski definition) is 0. The number of hydrogen-bond acceptors (Lipinski definition) is 6. The van der Waals surface area contributed by atoms with Crippen molar-refractivity contribution >= 4 is 38.8 Å². The van der Waals surface area contributed by atoms with E-state index in [4.69, 9.17) is 4.74 Å². The van der Waals surface area contributed by atoms with Crippen LogP contribution in [-0.2, 0) is 21.2 Å². The highest BCUT2D eigenvalue weighted by atomic mass is 32.2. The maximum Gasteiger partial charge on any atom is 0.338 e. The zero-order chi connectivity index (χ0) is 18.2. The summed E-state index contributed by atoms with van der Waals surface area (Å²) < 4.78 is 30.3. The van der Waals surface area contributed by atoms with E-state index in [2.05, 4.69) is 0 Å². The van der Waals surface area contributed by atoms with Gasteiger partial charge in [0, 0.05) is 6.04 Å². The first-order chi connectivity index (χ1) is 11.8. The molecule has 0 aliphatic carbocycles. The number of thiophene rings is 1. The molecule has 1 atom stereocenters. The second-order valence-electron chi connectivity index (χ2n) is 5.93. The van der Waals surface area contributed by atoms with Crippen LogP contribution in [0.15, 0.2) is 35.7 Å². The summed E-state index contributed by atoms with van der Waals surface area (Å²) in [5, 5.41) is 1.78. The minimum absolute atomic E-state index is 0.198. The molecule has 8 heteroatoms. The van der Waals surface area contributed by atoms with E-state index in [1.807, 2.05) is 6.92 Å². The van der Waals surface area contributed by atoms with E-state index in [1.54, 1.807) is 29.6 Å². The summed E-state index contributed by atoms with van der Waals surface area (Å²) in [6.45, 7) is 1.50. The van der Waals surface area contributed by atoms with E-state index in [-0.39, 0.29) is 18.4 Å². The molecule has 0 spiro atoms. The van der Waals surface area contributed by atoms with Crippen LogP contribution in [-0.4, -0.2) is 39.1 Å². The van der Waals surface area contributed by atoms with Crippen molar-refractivity contribution in [2.24, 2.45) is 0 Å². The molecular weight excluding hydrogens is 362 g/mol. The summed E-state index contributed by atoms with van der Waals surface area (Å²) in [4.78, 5) is 24.6. The fraction of sp³-hybridized carbons (Fsp3) is 0.294. The van der Waals surface area contributed by atoms with Crippen LogP contribution >= 0.6 is 11.3 Å². The van der Waals surface area contributed by atoms with Crippen LogP contribution in [0.2, 0.25) is 0 Å². The summed E-state index contributed by atoms with van der Waals surface area (Å²) in [6.07, 6.45) is 1.69. The smallest absolute Gasteiger partial charge is 0.338 e. The Labute approximate surface area is 150 Å². The lowest BCUT2D eigenvalue weighted by Gasteiger charge is -2.21. The number of rotatable bonds is 5. The number of carbonyl (C=O) groups is 2. The number of fused-ring (bicyclic) bond motifs is 1. The van der Waals surface area contributed by atoms with Crippen molar-refractivity contribution in [3.8, 4) is 0 Å². The normalized spacial score (nSPS) is 16.6. The number of ketones is 1. The average Bonchev–Trinajstić information content (AvgIpc) is 3.17. The Morgan fingerprint density at radius 3 is 2.72 bits per heavy atom. The molecule has 0 amide bonds. The van der Waals surface area contributed by atoms with Gasteiger partial charge in [-0.2, -0.15) is 0 Å². The molecule has 132 valence electrons. The number of sulfonamides is 1. The van der Waals surface area contributed by atoms with Gasteiger partial charge in [0.2, 0.25) is 15.8 Å². The molecule has 3 rings (SSSR count). The number of ether oxygens (including phenoxy) is 1. The van der Waals surface area contributed by atoms with Crippen molar-refractivity contribution in [1.82, 2.24) is 0 Å². The molecule has 0 unspecified atom stereocenters. The highest BCUT2D eigenvalue weighted by Gasteiger charge is 2.32. The fourth-order valence-electron chi connectivity index (χ4n) is 2.96. The quantitative estimate of drug-likeness (QED) is 0.589. The second-order valence-corrected chi connectivity index (χ2v) is 8.74. The molecule has 2 aromatic rings. The van der Waals surface area contributed by atoms with Crippen molar-refractivity contribution in [2.75, 3.05) is 17.2 Å². The number of carbonyl (C=O) groups excluding carboxylic acids is 2. The van der Waals surface area contributed by atoms with Crippen molar-refractivity contribution in [2.45, 2.75) is 19.4 Å². The predicted octanol–water partition coefficient (Wildman–Crippen LogP) is 2.50. The van der Waals surface area contributed by atoms with Crippen molar-refractivity contribution in [3.63, 3.8) is 0 Å². The summed E-state index contributed by atoms with van der Waals surface area (Å²) in [7, 11) is -3.37. The molecule has 1 aliphatic rings. The Morgan fingerprint density at radius 2 is 2.08 bits per heavy atom. The van der Waals surface area contributed by atoms with Crippen LogP contribution in [0.4, 0.5) is 5.69 Å². The zero-order valence-corrected chi connectivity index (χ0v) is 15.4. The first kappa shape index (κ1) is 17.6. The Morgan fingerprint density at radius 1 is 1.32 bits per heavy atom. The molecule has 0 fully saturated rings. The lowest BCUT2D eigenvalue weighted by Crippen LogP contribution is -2.34. The summed E-state index contributed by atoms with van der Waals surface area (Å²) >= 11 is 1.29. The molecular formula is C17H17NO5S2. The van der Waals surface area contributed by atoms with E-state index < -0.39 is 16.0 Å². The van der Waals surface area contributed by atoms with Crippen LogP contribution in [0.1, 0.15) is 32.5 Å². The van der Waals surface area contributed by atoms with Crippen molar-refractivity contribution in [3.05, 3.63) is 51.7 Å². The monoisotopic (exact) mass is 379 g/mol. The van der Waals surface area contributed by atoms with E-state index in [0.717, 1.165) is 11.8 Å². The van der Waals surface area contributed by atoms with Gasteiger partial charge in [0.1, 0.15) is 0 Å². The molecule has 0 N–H and O–H groups in total. The van der Waals surface area contributed by atoms with Crippen molar-refractivity contribution < 1.29 is 22.7 Å². The third kappa shape index (κ3) is 3.59. The highest BCUT2D eigenvalue weighted by Crippen LogP contribution is 2.34. The molecule has 0 radical (unpaired) electrons. The molecule has 0 saturated carbocycles. The first-order valence-corrected chi connectivity index (χ1v) is 10.4. The van der Waals surface area contributed by atoms with Gasteiger partial charge in [-0.05, 0) is 48.6 Å². The molecule has 2 heterocycles. The van der Waals surface area contributed by atoms with E-state index in [9.17, 15) is 18.0 Å². The average molecular weight is 379 g/mol. The van der Waals surface area contributed by atoms with Gasteiger partial charge in [-0.15, -0.1) is 11.3 Å². The number of anilines is 1. The molecule has 1 aliphatic heterocycles. The molecule has 25 heavy (non-hydrogen) atoms. The Balaban J connectivity index is 1.73. The van der Waals surface area contributed by atoms with Gasteiger partial charge >= 0.3 is 5.97 Å². The van der Waals surface area contributed by atoms with Crippen molar-refractivity contribution in [1.29, 1.82) is 0 Å². The van der Waals surface area contributed by atoms with Gasteiger partial charge in [-0.25, -0.2) is 13.2 Å². The number of esters is 1. The third-order valence-electron chi connectivity index (χ3n) is 3.96. The second kappa shape index (κ2) is 6.61. The third-order valence-corrected chi connectivity index (χ3v) is 6.14. The van der Waals surface area contributed by atoms with Gasteiger partial charge in [0.05, 0.1) is 22.4 Å². The zero-order valence-electron chi connectivity index (χ0n) is 13.8. The maximum absolute atomic E-state index is 12.2. The molecule has 0 saturated heterocycles. The molecule has 0 bridgehead atoms. The van der Waals surface area contributed by atoms with Gasteiger partial charge in [-0.1, -0.05) is 6.07 Å². The Kier molecular flexibility index (Phi) is 4.66. The topological polar surface area (TPSA) is 80.8 Å². The molecule has 1 aromatic heterocycles. The standard InChI is InChI=1S/C17H17NO5S2/c1-11-8-13-9-12(5-6-14(13)18(11)25(2,21)22)17(20)23-10-15(19)16-4-3-7-24-16/h3-7,9,11H,8,10H2,1-2H3/t11-/m1/s1. The predicted molar refractivity (Wildman–Crippen MR) is 95.9 cm³/mol. The fourth-order valence-corrected chi connectivity index (χ4v) is 4.87. The SMILES string of the molecule is C[C@@H]1Cc2cc(C(=O)OCC(=O)c3cccs3)ccc2N1S(C)(=O)=O. The minimum atomic E-state index is -3.37. The first-order valence-electron chi connectivity index (χ1n) is 7.63. The van der Waals surface area contributed by atoms with Crippen LogP contribution in [0.25, 0.3) is 0 Å². The maximum atomic E-state index is 12.2. The van der Waals surface area contributed by atoms with Gasteiger partial charge < -0.3 is 4.74 Å². The molecule has 1 aromatic carbocycles. The minimum Gasteiger partial charge on any atom is -0.454 e. The number of nitrogens with zero attached hydrogens (tertiary/aromatic N) is 1. The summed E-state index contributed by atoms with van der Waals surface area (Å²) in [6, 6.07) is 8.00. The largest absolute Gasteiger partial charge is 0.454 e. The summed E-state index contributed by atoms with van der Waals surface area (Å²) in [5.41, 5.74) is 1.67. The lowest BCUT2D eigenvalue weighted by molar-refractivity contribution is 0.0476. The molecule has 6 nitrogen and oxygen atoms in total.